The lowest BCUT2D eigenvalue weighted by Gasteiger charge is -2.44. The smallest absolute Gasteiger partial charge is 0.169 e. The number of ketones is 1. The fourth-order valence-corrected chi connectivity index (χ4v) is 2.73. The molecule has 1 saturated carbocycles. The predicted molar refractivity (Wildman–Crippen MR) is 71.1 cm³/mol. The Morgan fingerprint density at radius 2 is 1.59 bits per heavy atom. The van der Waals surface area contributed by atoms with Crippen molar-refractivity contribution in [2.75, 3.05) is 6.61 Å². The third kappa shape index (κ3) is 3.31. The van der Waals surface area contributed by atoms with E-state index in [2.05, 4.69) is 13.8 Å². The van der Waals surface area contributed by atoms with Crippen LogP contribution in [0.15, 0.2) is 0 Å². The fraction of sp³-hybridized carbons (Fsp3) is 0.933. The van der Waals surface area contributed by atoms with Crippen molar-refractivity contribution in [3.63, 3.8) is 0 Å². The molecule has 2 nitrogen and oxygen atoms in total. The van der Waals surface area contributed by atoms with Crippen LogP contribution in [-0.4, -0.2) is 18.0 Å². The predicted octanol–water partition coefficient (Wildman–Crippen LogP) is 3.98. The van der Waals surface area contributed by atoms with E-state index in [0.717, 1.165) is 25.7 Å². The van der Waals surface area contributed by atoms with Crippen molar-refractivity contribution in [3.8, 4) is 0 Å². The highest BCUT2D eigenvalue weighted by atomic mass is 16.5. The van der Waals surface area contributed by atoms with Crippen molar-refractivity contribution in [3.05, 3.63) is 0 Å². The van der Waals surface area contributed by atoms with Gasteiger partial charge in [-0.1, -0.05) is 34.6 Å². The highest BCUT2D eigenvalue weighted by Gasteiger charge is 2.48. The highest BCUT2D eigenvalue weighted by Crippen LogP contribution is 2.44. The number of carbonyl (C=O) groups is 1. The van der Waals surface area contributed by atoms with Gasteiger partial charge in [0.2, 0.25) is 0 Å². The largest absolute Gasteiger partial charge is 0.367 e. The summed E-state index contributed by atoms with van der Waals surface area (Å²) in [5, 5.41) is 0. The molecule has 0 atom stereocenters. The summed E-state index contributed by atoms with van der Waals surface area (Å²) in [7, 11) is 0. The molecule has 0 aromatic carbocycles. The van der Waals surface area contributed by atoms with E-state index < -0.39 is 5.60 Å². The van der Waals surface area contributed by atoms with Gasteiger partial charge in [0.15, 0.2) is 5.78 Å². The second kappa shape index (κ2) is 4.72. The summed E-state index contributed by atoms with van der Waals surface area (Å²) in [6.07, 6.45) is 3.91. The maximum Gasteiger partial charge on any atom is 0.169 e. The molecule has 0 spiro atoms. The maximum atomic E-state index is 12.6. The average Bonchev–Trinajstić information content (AvgIpc) is 2.20. The number of rotatable bonds is 3. The average molecular weight is 240 g/mol. The van der Waals surface area contributed by atoms with E-state index in [9.17, 15) is 4.79 Å². The van der Waals surface area contributed by atoms with Crippen LogP contribution in [0.2, 0.25) is 0 Å². The van der Waals surface area contributed by atoms with Gasteiger partial charge in [-0.15, -0.1) is 0 Å². The van der Waals surface area contributed by atoms with Crippen LogP contribution < -0.4 is 0 Å². The van der Waals surface area contributed by atoms with Crippen molar-refractivity contribution in [1.29, 1.82) is 0 Å². The van der Waals surface area contributed by atoms with Gasteiger partial charge in [0.1, 0.15) is 5.60 Å². The van der Waals surface area contributed by atoms with E-state index in [4.69, 9.17) is 4.74 Å². The molecule has 2 heteroatoms. The monoisotopic (exact) mass is 240 g/mol. The van der Waals surface area contributed by atoms with Crippen LogP contribution in [0.5, 0.6) is 0 Å². The van der Waals surface area contributed by atoms with E-state index >= 15 is 0 Å². The molecule has 0 N–H and O–H groups in total. The molecule has 1 fully saturated rings. The van der Waals surface area contributed by atoms with Crippen LogP contribution in [0, 0.1) is 10.8 Å². The number of ether oxygens (including phenoxy) is 1. The van der Waals surface area contributed by atoms with Gasteiger partial charge in [0.25, 0.3) is 0 Å². The van der Waals surface area contributed by atoms with E-state index in [1.54, 1.807) is 0 Å². The molecule has 0 bridgehead atoms. The normalized spacial score (nSPS) is 23.4. The summed E-state index contributed by atoms with van der Waals surface area (Å²) in [6, 6.07) is 0. The number of hydrogen-bond donors (Lipinski definition) is 0. The summed E-state index contributed by atoms with van der Waals surface area (Å²) >= 11 is 0. The minimum absolute atomic E-state index is 0.280. The third-order valence-electron chi connectivity index (χ3n) is 3.93. The lowest BCUT2D eigenvalue weighted by atomic mass is 9.66. The molecule has 0 aromatic heterocycles. The minimum Gasteiger partial charge on any atom is -0.367 e. The van der Waals surface area contributed by atoms with E-state index in [1.807, 2.05) is 27.7 Å². The second-order valence-corrected chi connectivity index (χ2v) is 7.17. The van der Waals surface area contributed by atoms with Gasteiger partial charge in [-0.05, 0) is 38.0 Å². The van der Waals surface area contributed by atoms with Crippen molar-refractivity contribution < 1.29 is 9.53 Å². The second-order valence-electron chi connectivity index (χ2n) is 7.17. The first-order valence-corrected chi connectivity index (χ1v) is 6.82. The Balaban J connectivity index is 2.89. The molecule has 1 aliphatic rings. The Bertz CT molecular complexity index is 274. The lowest BCUT2D eigenvalue weighted by molar-refractivity contribution is -0.160. The number of carbonyl (C=O) groups excluding carboxylic acids is 1. The molecule has 100 valence electrons. The van der Waals surface area contributed by atoms with Crippen LogP contribution in [-0.2, 0) is 9.53 Å². The summed E-state index contributed by atoms with van der Waals surface area (Å²) in [6.45, 7) is 13.2. The van der Waals surface area contributed by atoms with Crippen LogP contribution in [0.25, 0.3) is 0 Å². The summed E-state index contributed by atoms with van der Waals surface area (Å²) in [5.41, 5.74) is -0.460. The first kappa shape index (κ1) is 14.7. The zero-order valence-electron chi connectivity index (χ0n) is 12.4. The van der Waals surface area contributed by atoms with Gasteiger partial charge in [-0.25, -0.2) is 0 Å². The molecule has 0 unspecified atom stereocenters. The number of hydrogen-bond acceptors (Lipinski definition) is 2. The minimum atomic E-state index is -0.511. The summed E-state index contributed by atoms with van der Waals surface area (Å²) < 4.78 is 5.90. The van der Waals surface area contributed by atoms with Crippen LogP contribution in [0.1, 0.15) is 67.2 Å². The Morgan fingerprint density at radius 3 is 1.94 bits per heavy atom. The van der Waals surface area contributed by atoms with Crippen LogP contribution in [0.3, 0.4) is 0 Å². The van der Waals surface area contributed by atoms with Crippen LogP contribution in [0.4, 0.5) is 0 Å². The molecule has 0 aromatic rings. The van der Waals surface area contributed by atoms with Crippen LogP contribution >= 0.6 is 0 Å². The molecule has 0 radical (unpaired) electrons. The Hall–Kier alpha value is -0.370. The molecule has 1 aliphatic carbocycles. The molecule has 17 heavy (non-hydrogen) atoms. The van der Waals surface area contributed by atoms with Gasteiger partial charge in [-0.3, -0.25) is 4.79 Å². The molecular formula is C15H28O2. The lowest BCUT2D eigenvalue weighted by Crippen LogP contribution is -2.51. The molecule has 0 saturated heterocycles. The first-order chi connectivity index (χ1) is 7.63. The van der Waals surface area contributed by atoms with E-state index in [1.165, 1.54) is 0 Å². The molecule has 1 rings (SSSR count). The highest BCUT2D eigenvalue weighted by molar-refractivity contribution is 5.91. The topological polar surface area (TPSA) is 26.3 Å². The molecule has 0 aliphatic heterocycles. The van der Waals surface area contributed by atoms with E-state index in [0.29, 0.717) is 12.0 Å². The molecule has 0 amide bonds. The first-order valence-electron chi connectivity index (χ1n) is 6.82. The maximum absolute atomic E-state index is 12.6. The number of Topliss-reactive ketones (excluding diaryl/α,β-unsaturated/α-hetero) is 1. The fourth-order valence-electron chi connectivity index (χ4n) is 2.73. The van der Waals surface area contributed by atoms with Crippen molar-refractivity contribution in [1.82, 2.24) is 0 Å². The van der Waals surface area contributed by atoms with Gasteiger partial charge in [0.05, 0.1) is 0 Å². The summed E-state index contributed by atoms with van der Waals surface area (Å²) in [5.74, 6) is 0.280. The Labute approximate surface area is 106 Å². The van der Waals surface area contributed by atoms with Gasteiger partial charge in [-0.2, -0.15) is 0 Å². The quantitative estimate of drug-likeness (QED) is 0.746. The Morgan fingerprint density at radius 1 is 1.12 bits per heavy atom. The molecular weight excluding hydrogens is 212 g/mol. The SMILES string of the molecule is CCOC1(C(=O)C(C)(C)C)CCC(C)(C)CC1. The summed E-state index contributed by atoms with van der Waals surface area (Å²) in [4.78, 5) is 12.6. The molecule has 0 heterocycles. The zero-order chi connectivity index (χ0) is 13.3. The van der Waals surface area contributed by atoms with Crippen molar-refractivity contribution in [2.24, 2.45) is 10.8 Å². The zero-order valence-corrected chi connectivity index (χ0v) is 12.4. The standard InChI is InChI=1S/C15H28O2/c1-7-17-15(12(16)13(2,3)4)10-8-14(5,6)9-11-15/h7-11H2,1-6H3. The third-order valence-corrected chi connectivity index (χ3v) is 3.93. The van der Waals surface area contributed by atoms with Gasteiger partial charge in [0, 0.05) is 12.0 Å². The Kier molecular flexibility index (Phi) is 4.08. The van der Waals surface area contributed by atoms with Gasteiger partial charge < -0.3 is 4.74 Å². The van der Waals surface area contributed by atoms with Crippen molar-refractivity contribution in [2.45, 2.75) is 72.8 Å². The van der Waals surface area contributed by atoms with Crippen molar-refractivity contribution >= 4 is 5.78 Å². The van der Waals surface area contributed by atoms with E-state index in [-0.39, 0.29) is 11.2 Å². The van der Waals surface area contributed by atoms with Gasteiger partial charge >= 0.3 is 0 Å².